The second-order valence-corrected chi connectivity index (χ2v) is 5.89. The van der Waals surface area contributed by atoms with Crippen molar-refractivity contribution < 1.29 is 14.7 Å². The number of halogens is 1. The van der Waals surface area contributed by atoms with Crippen molar-refractivity contribution in [1.29, 1.82) is 0 Å². The van der Waals surface area contributed by atoms with Crippen LogP contribution in [0.4, 0.5) is 0 Å². The smallest absolute Gasteiger partial charge is 0.336 e. The van der Waals surface area contributed by atoms with Crippen molar-refractivity contribution in [3.05, 3.63) is 32.9 Å². The van der Waals surface area contributed by atoms with Crippen molar-refractivity contribution in [3.63, 3.8) is 0 Å². The Labute approximate surface area is 125 Å². The van der Waals surface area contributed by atoms with E-state index < -0.39 is 5.97 Å². The number of piperidine rings is 1. The molecule has 1 aliphatic rings. The lowest BCUT2D eigenvalue weighted by atomic mass is 10.0. The zero-order valence-corrected chi connectivity index (χ0v) is 12.9. The highest BCUT2D eigenvalue weighted by molar-refractivity contribution is 14.1. The lowest BCUT2D eigenvalue weighted by Crippen LogP contribution is -2.42. The second-order valence-electron chi connectivity index (χ2n) is 4.82. The molecule has 0 bridgehead atoms. The Kier molecular flexibility index (Phi) is 4.44. The first-order chi connectivity index (χ1) is 9.02. The van der Waals surface area contributed by atoms with Crippen LogP contribution in [0, 0.1) is 3.57 Å². The number of carboxylic acids is 1. The molecular weight excluding hydrogens is 357 g/mol. The maximum atomic E-state index is 12.5. The van der Waals surface area contributed by atoms with Crippen LogP contribution in [0.25, 0.3) is 0 Å². The van der Waals surface area contributed by atoms with Gasteiger partial charge in [-0.25, -0.2) is 4.79 Å². The topological polar surface area (TPSA) is 57.6 Å². The van der Waals surface area contributed by atoms with Crippen LogP contribution in [0.5, 0.6) is 0 Å². The summed E-state index contributed by atoms with van der Waals surface area (Å²) in [6.07, 6.45) is 3.18. The summed E-state index contributed by atoms with van der Waals surface area (Å²) in [7, 11) is 0. The molecule has 5 heteroatoms. The maximum absolute atomic E-state index is 12.5. The lowest BCUT2D eigenvalue weighted by Gasteiger charge is -2.33. The van der Waals surface area contributed by atoms with E-state index in [1.807, 2.05) is 34.4 Å². The number of carbonyl (C=O) groups is 2. The average Bonchev–Trinajstić information content (AvgIpc) is 2.38. The molecule has 1 heterocycles. The van der Waals surface area contributed by atoms with Crippen molar-refractivity contribution in [1.82, 2.24) is 4.90 Å². The molecule has 0 aromatic heterocycles. The van der Waals surface area contributed by atoms with Gasteiger partial charge in [-0.2, -0.15) is 0 Å². The minimum atomic E-state index is -0.995. The molecule has 1 amide bonds. The van der Waals surface area contributed by atoms with Gasteiger partial charge in [0.05, 0.1) is 11.1 Å². The molecule has 0 spiro atoms. The molecular formula is C14H16INO3. The SMILES string of the molecule is CC1CCCCN1C(=O)c1cccc(C(=O)O)c1I. The second kappa shape index (κ2) is 5.90. The van der Waals surface area contributed by atoms with E-state index in [-0.39, 0.29) is 17.5 Å². The normalized spacial score (nSPS) is 19.3. The van der Waals surface area contributed by atoms with Crippen molar-refractivity contribution >= 4 is 34.5 Å². The predicted octanol–water partition coefficient (Wildman–Crippen LogP) is 3.00. The number of hydrogen-bond acceptors (Lipinski definition) is 2. The fourth-order valence-electron chi connectivity index (χ4n) is 2.42. The number of carbonyl (C=O) groups excluding carboxylic acids is 1. The molecule has 0 aliphatic carbocycles. The van der Waals surface area contributed by atoms with E-state index in [0.717, 1.165) is 25.8 Å². The number of aromatic carboxylic acids is 1. The van der Waals surface area contributed by atoms with E-state index in [4.69, 9.17) is 5.11 Å². The van der Waals surface area contributed by atoms with Crippen LogP contribution in [-0.2, 0) is 0 Å². The van der Waals surface area contributed by atoms with Gasteiger partial charge in [-0.1, -0.05) is 6.07 Å². The largest absolute Gasteiger partial charge is 0.478 e. The summed E-state index contributed by atoms with van der Waals surface area (Å²) in [4.78, 5) is 25.5. The van der Waals surface area contributed by atoms with Crippen molar-refractivity contribution in [2.45, 2.75) is 32.2 Å². The molecule has 102 valence electrons. The quantitative estimate of drug-likeness (QED) is 0.811. The summed E-state index contributed by atoms with van der Waals surface area (Å²) in [5.41, 5.74) is 0.686. The van der Waals surface area contributed by atoms with Gasteiger partial charge in [0.15, 0.2) is 0 Å². The van der Waals surface area contributed by atoms with E-state index in [1.165, 1.54) is 6.07 Å². The van der Waals surface area contributed by atoms with E-state index in [0.29, 0.717) is 9.13 Å². The Balaban J connectivity index is 2.33. The molecule has 1 aromatic carbocycles. The summed E-state index contributed by atoms with van der Waals surface area (Å²) in [6, 6.07) is 5.09. The first-order valence-corrected chi connectivity index (χ1v) is 7.43. The number of carboxylic acid groups (broad SMARTS) is 1. The Bertz CT molecular complexity index is 515. The van der Waals surface area contributed by atoms with Crippen molar-refractivity contribution in [3.8, 4) is 0 Å². The number of rotatable bonds is 2. The van der Waals surface area contributed by atoms with E-state index in [9.17, 15) is 9.59 Å². The van der Waals surface area contributed by atoms with Gasteiger partial charge in [-0.05, 0) is 60.9 Å². The molecule has 1 fully saturated rings. The van der Waals surface area contributed by atoms with Gasteiger partial charge in [0.25, 0.3) is 5.91 Å². The van der Waals surface area contributed by atoms with Gasteiger partial charge in [0, 0.05) is 16.2 Å². The molecule has 1 saturated heterocycles. The summed E-state index contributed by atoms with van der Waals surface area (Å²) in [5.74, 6) is -1.05. The third kappa shape index (κ3) is 2.91. The number of nitrogens with zero attached hydrogens (tertiary/aromatic N) is 1. The van der Waals surface area contributed by atoms with E-state index in [2.05, 4.69) is 0 Å². The van der Waals surface area contributed by atoms with E-state index in [1.54, 1.807) is 12.1 Å². The van der Waals surface area contributed by atoms with Gasteiger partial charge in [-0.15, -0.1) is 0 Å². The van der Waals surface area contributed by atoms with Crippen molar-refractivity contribution in [2.24, 2.45) is 0 Å². The third-order valence-corrected chi connectivity index (χ3v) is 4.69. The summed E-state index contributed by atoms with van der Waals surface area (Å²) in [6.45, 7) is 2.80. The zero-order chi connectivity index (χ0) is 14.0. The Morgan fingerprint density at radius 2 is 2.00 bits per heavy atom. The van der Waals surface area contributed by atoms with Crippen LogP contribution in [0.2, 0.25) is 0 Å². The highest BCUT2D eigenvalue weighted by atomic mass is 127. The molecule has 0 saturated carbocycles. The number of benzene rings is 1. The van der Waals surface area contributed by atoms with Gasteiger partial charge >= 0.3 is 5.97 Å². The lowest BCUT2D eigenvalue weighted by molar-refractivity contribution is 0.0634. The molecule has 1 aromatic rings. The Morgan fingerprint density at radius 1 is 1.32 bits per heavy atom. The van der Waals surface area contributed by atoms with Gasteiger partial charge in [0.2, 0.25) is 0 Å². The number of likely N-dealkylation sites (tertiary alicyclic amines) is 1. The first kappa shape index (κ1) is 14.3. The molecule has 2 rings (SSSR count). The monoisotopic (exact) mass is 373 g/mol. The van der Waals surface area contributed by atoms with Crippen LogP contribution in [0.3, 0.4) is 0 Å². The fourth-order valence-corrected chi connectivity index (χ4v) is 3.24. The van der Waals surface area contributed by atoms with E-state index >= 15 is 0 Å². The van der Waals surface area contributed by atoms with Gasteiger partial charge in [-0.3, -0.25) is 4.79 Å². The Hall–Kier alpha value is -1.11. The summed E-state index contributed by atoms with van der Waals surface area (Å²) in [5, 5.41) is 9.10. The standard InChI is InChI=1S/C14H16INO3/c1-9-5-2-3-8-16(9)13(17)10-6-4-7-11(12(10)15)14(18)19/h4,6-7,9H,2-3,5,8H2,1H3,(H,18,19). The van der Waals surface area contributed by atoms with Crippen molar-refractivity contribution in [2.75, 3.05) is 6.54 Å². The van der Waals surface area contributed by atoms with Crippen LogP contribution >= 0.6 is 22.6 Å². The highest BCUT2D eigenvalue weighted by Gasteiger charge is 2.26. The van der Waals surface area contributed by atoms with Crippen LogP contribution in [0.1, 0.15) is 46.9 Å². The molecule has 4 nitrogen and oxygen atoms in total. The summed E-state index contributed by atoms with van der Waals surface area (Å²) >= 11 is 1.95. The third-order valence-electron chi connectivity index (χ3n) is 3.52. The molecule has 19 heavy (non-hydrogen) atoms. The zero-order valence-electron chi connectivity index (χ0n) is 10.7. The number of amides is 1. The number of hydrogen-bond donors (Lipinski definition) is 1. The van der Waals surface area contributed by atoms with Crippen LogP contribution < -0.4 is 0 Å². The van der Waals surface area contributed by atoms with Crippen LogP contribution in [0.15, 0.2) is 18.2 Å². The fraction of sp³-hybridized carbons (Fsp3) is 0.429. The van der Waals surface area contributed by atoms with Crippen LogP contribution in [-0.4, -0.2) is 34.5 Å². The Morgan fingerprint density at radius 3 is 2.63 bits per heavy atom. The predicted molar refractivity (Wildman–Crippen MR) is 80.5 cm³/mol. The first-order valence-electron chi connectivity index (χ1n) is 6.35. The molecule has 1 atom stereocenters. The minimum Gasteiger partial charge on any atom is -0.478 e. The molecule has 1 aliphatic heterocycles. The van der Waals surface area contributed by atoms with Gasteiger partial charge in [0.1, 0.15) is 0 Å². The highest BCUT2D eigenvalue weighted by Crippen LogP contribution is 2.23. The summed E-state index contributed by atoms with van der Waals surface area (Å²) < 4.78 is 0.523. The molecule has 0 radical (unpaired) electrons. The molecule has 1 unspecified atom stereocenters. The average molecular weight is 373 g/mol. The maximum Gasteiger partial charge on any atom is 0.336 e. The van der Waals surface area contributed by atoms with Gasteiger partial charge < -0.3 is 10.0 Å². The molecule has 1 N–H and O–H groups in total. The minimum absolute atomic E-state index is 0.0558.